The molecule has 4 nitrogen and oxygen atoms in total. The van der Waals surface area contributed by atoms with E-state index in [0.717, 1.165) is 25.3 Å². The van der Waals surface area contributed by atoms with Gasteiger partial charge in [0.1, 0.15) is 11.9 Å². The summed E-state index contributed by atoms with van der Waals surface area (Å²) < 4.78 is 10.8. The molecular formula is C11H16N2O2. The number of rotatable bonds is 3. The predicted octanol–water partition coefficient (Wildman–Crippen LogP) is 1.22. The van der Waals surface area contributed by atoms with Crippen LogP contribution in [0.1, 0.15) is 12.8 Å². The van der Waals surface area contributed by atoms with Crippen LogP contribution in [-0.4, -0.2) is 31.3 Å². The van der Waals surface area contributed by atoms with Crippen LogP contribution < -0.4 is 14.8 Å². The van der Waals surface area contributed by atoms with Crippen molar-refractivity contribution in [2.24, 2.45) is 0 Å². The van der Waals surface area contributed by atoms with E-state index in [2.05, 4.69) is 10.3 Å². The molecule has 15 heavy (non-hydrogen) atoms. The maximum atomic E-state index is 5.77. The van der Waals surface area contributed by atoms with E-state index in [1.54, 1.807) is 13.3 Å². The molecular weight excluding hydrogens is 192 g/mol. The van der Waals surface area contributed by atoms with Gasteiger partial charge in [0.05, 0.1) is 13.3 Å². The molecule has 0 aromatic carbocycles. The van der Waals surface area contributed by atoms with Gasteiger partial charge in [0.2, 0.25) is 5.88 Å². The Hall–Kier alpha value is -1.29. The summed E-state index contributed by atoms with van der Waals surface area (Å²) in [5, 5.41) is 3.31. The highest BCUT2D eigenvalue weighted by molar-refractivity contribution is 5.23. The summed E-state index contributed by atoms with van der Waals surface area (Å²) in [7, 11) is 1.61. The van der Waals surface area contributed by atoms with Gasteiger partial charge >= 0.3 is 0 Å². The molecule has 1 aliphatic rings. The predicted molar refractivity (Wildman–Crippen MR) is 57.3 cm³/mol. The number of hydrogen-bond acceptors (Lipinski definition) is 4. The third-order valence-electron chi connectivity index (χ3n) is 2.47. The van der Waals surface area contributed by atoms with Crippen LogP contribution in [0.25, 0.3) is 0 Å². The molecule has 1 aromatic rings. The van der Waals surface area contributed by atoms with Gasteiger partial charge in [0, 0.05) is 12.6 Å². The lowest BCUT2D eigenvalue weighted by Gasteiger charge is -2.23. The Balaban J connectivity index is 1.91. The first-order chi connectivity index (χ1) is 7.38. The van der Waals surface area contributed by atoms with Crippen LogP contribution in [0.2, 0.25) is 0 Å². The molecule has 1 aromatic heterocycles. The highest BCUT2D eigenvalue weighted by Gasteiger charge is 2.14. The van der Waals surface area contributed by atoms with Crippen molar-refractivity contribution >= 4 is 0 Å². The summed E-state index contributed by atoms with van der Waals surface area (Å²) in [6.45, 7) is 2.02. The summed E-state index contributed by atoms with van der Waals surface area (Å²) in [6.07, 6.45) is 4.26. The molecule has 0 saturated carbocycles. The van der Waals surface area contributed by atoms with Gasteiger partial charge in [-0.15, -0.1) is 0 Å². The Morgan fingerprint density at radius 3 is 3.00 bits per heavy atom. The SMILES string of the molecule is COc1ccc(OC2CCCNC2)cn1. The second kappa shape index (κ2) is 4.98. The average molecular weight is 208 g/mol. The number of nitrogens with zero attached hydrogens (tertiary/aromatic N) is 1. The largest absolute Gasteiger partial charge is 0.487 e. The second-order valence-corrected chi connectivity index (χ2v) is 3.62. The minimum atomic E-state index is 0.272. The smallest absolute Gasteiger partial charge is 0.213 e. The van der Waals surface area contributed by atoms with Gasteiger partial charge in [-0.2, -0.15) is 0 Å². The fourth-order valence-electron chi connectivity index (χ4n) is 1.67. The van der Waals surface area contributed by atoms with E-state index in [1.807, 2.05) is 12.1 Å². The number of hydrogen-bond donors (Lipinski definition) is 1. The highest BCUT2D eigenvalue weighted by atomic mass is 16.5. The molecule has 0 radical (unpaired) electrons. The van der Waals surface area contributed by atoms with Crippen LogP contribution in [0.5, 0.6) is 11.6 Å². The Labute approximate surface area is 89.6 Å². The Morgan fingerprint density at radius 2 is 2.40 bits per heavy atom. The molecule has 1 unspecified atom stereocenters. The second-order valence-electron chi connectivity index (χ2n) is 3.62. The fourth-order valence-corrected chi connectivity index (χ4v) is 1.67. The maximum Gasteiger partial charge on any atom is 0.213 e. The van der Waals surface area contributed by atoms with Crippen molar-refractivity contribution in [3.63, 3.8) is 0 Å². The molecule has 82 valence electrons. The summed E-state index contributed by atoms with van der Waals surface area (Å²) in [4.78, 5) is 4.10. The first kappa shape index (κ1) is 10.2. The molecule has 1 atom stereocenters. The van der Waals surface area contributed by atoms with Crippen LogP contribution >= 0.6 is 0 Å². The normalized spacial score (nSPS) is 21.0. The molecule has 0 amide bonds. The van der Waals surface area contributed by atoms with Gasteiger partial charge in [-0.25, -0.2) is 4.98 Å². The first-order valence-electron chi connectivity index (χ1n) is 5.26. The summed E-state index contributed by atoms with van der Waals surface area (Å²) in [5.41, 5.74) is 0. The molecule has 1 saturated heterocycles. The van der Waals surface area contributed by atoms with Crippen LogP contribution in [-0.2, 0) is 0 Å². The third-order valence-corrected chi connectivity index (χ3v) is 2.47. The standard InChI is InChI=1S/C11H16N2O2/c1-14-11-5-4-10(8-13-11)15-9-3-2-6-12-7-9/h4-5,8-9,12H,2-3,6-7H2,1H3. The lowest BCUT2D eigenvalue weighted by atomic mass is 10.1. The number of ether oxygens (including phenoxy) is 2. The van der Waals surface area contributed by atoms with Gasteiger partial charge < -0.3 is 14.8 Å². The lowest BCUT2D eigenvalue weighted by molar-refractivity contribution is 0.166. The van der Waals surface area contributed by atoms with E-state index in [4.69, 9.17) is 9.47 Å². The number of aromatic nitrogens is 1. The molecule has 0 spiro atoms. The van der Waals surface area contributed by atoms with Crippen molar-refractivity contribution in [2.45, 2.75) is 18.9 Å². The van der Waals surface area contributed by atoms with Gasteiger partial charge in [-0.3, -0.25) is 0 Å². The van der Waals surface area contributed by atoms with E-state index in [1.165, 1.54) is 6.42 Å². The minimum absolute atomic E-state index is 0.272. The van der Waals surface area contributed by atoms with Gasteiger partial charge in [0.15, 0.2) is 0 Å². The van der Waals surface area contributed by atoms with Crippen LogP contribution in [0, 0.1) is 0 Å². The van der Waals surface area contributed by atoms with Crippen LogP contribution in [0.3, 0.4) is 0 Å². The number of nitrogens with one attached hydrogen (secondary N) is 1. The molecule has 4 heteroatoms. The monoisotopic (exact) mass is 208 g/mol. The average Bonchev–Trinajstić information content (AvgIpc) is 2.31. The highest BCUT2D eigenvalue weighted by Crippen LogP contribution is 2.17. The maximum absolute atomic E-state index is 5.77. The summed E-state index contributed by atoms with van der Waals surface area (Å²) in [5.74, 6) is 1.42. The summed E-state index contributed by atoms with van der Waals surface area (Å²) in [6, 6.07) is 3.70. The van der Waals surface area contributed by atoms with Crippen molar-refractivity contribution in [3.8, 4) is 11.6 Å². The Morgan fingerprint density at radius 1 is 1.47 bits per heavy atom. The molecule has 2 heterocycles. The number of pyridine rings is 1. The van der Waals surface area contributed by atoms with Gasteiger partial charge in [-0.05, 0) is 25.5 Å². The quantitative estimate of drug-likeness (QED) is 0.811. The van der Waals surface area contributed by atoms with Crippen LogP contribution in [0.15, 0.2) is 18.3 Å². The van der Waals surface area contributed by atoms with E-state index >= 15 is 0 Å². The number of methoxy groups -OCH3 is 1. The van der Waals surface area contributed by atoms with E-state index in [-0.39, 0.29) is 6.10 Å². The minimum Gasteiger partial charge on any atom is -0.487 e. The topological polar surface area (TPSA) is 43.4 Å². The molecule has 2 rings (SSSR count). The molecule has 0 bridgehead atoms. The van der Waals surface area contributed by atoms with E-state index in [0.29, 0.717) is 5.88 Å². The van der Waals surface area contributed by atoms with Crippen molar-refractivity contribution in [1.29, 1.82) is 0 Å². The lowest BCUT2D eigenvalue weighted by Crippen LogP contribution is -2.37. The van der Waals surface area contributed by atoms with Crippen molar-refractivity contribution in [1.82, 2.24) is 10.3 Å². The van der Waals surface area contributed by atoms with Gasteiger partial charge in [-0.1, -0.05) is 0 Å². The zero-order valence-electron chi connectivity index (χ0n) is 8.90. The number of piperidine rings is 1. The van der Waals surface area contributed by atoms with Crippen molar-refractivity contribution < 1.29 is 9.47 Å². The first-order valence-corrected chi connectivity index (χ1v) is 5.26. The zero-order chi connectivity index (χ0) is 10.5. The Kier molecular flexibility index (Phi) is 3.40. The van der Waals surface area contributed by atoms with Crippen molar-refractivity contribution in [2.75, 3.05) is 20.2 Å². The molecule has 1 aliphatic heterocycles. The fraction of sp³-hybridized carbons (Fsp3) is 0.545. The summed E-state index contributed by atoms with van der Waals surface area (Å²) >= 11 is 0. The van der Waals surface area contributed by atoms with E-state index in [9.17, 15) is 0 Å². The molecule has 1 N–H and O–H groups in total. The molecule has 1 fully saturated rings. The van der Waals surface area contributed by atoms with Gasteiger partial charge in [0.25, 0.3) is 0 Å². The zero-order valence-corrected chi connectivity index (χ0v) is 8.90. The van der Waals surface area contributed by atoms with Crippen molar-refractivity contribution in [3.05, 3.63) is 18.3 Å². The van der Waals surface area contributed by atoms with Crippen LogP contribution in [0.4, 0.5) is 0 Å². The molecule has 0 aliphatic carbocycles. The third kappa shape index (κ3) is 2.83. The van der Waals surface area contributed by atoms with E-state index < -0.39 is 0 Å². The Bertz CT molecular complexity index is 294.